The quantitative estimate of drug-likeness (QED) is 0.311. The van der Waals surface area contributed by atoms with E-state index in [-0.39, 0.29) is 23.9 Å². The van der Waals surface area contributed by atoms with Crippen LogP contribution in [-0.2, 0) is 6.54 Å². The third kappa shape index (κ3) is 3.95. The van der Waals surface area contributed by atoms with Crippen molar-refractivity contribution >= 4 is 23.2 Å². The number of amides is 1. The van der Waals surface area contributed by atoms with E-state index < -0.39 is 5.91 Å². The van der Waals surface area contributed by atoms with Gasteiger partial charge in [0.15, 0.2) is 17.2 Å². The summed E-state index contributed by atoms with van der Waals surface area (Å²) in [5.41, 5.74) is 10.2. The number of carbonyl (C=O) groups excluding carboxylic acids is 1. The van der Waals surface area contributed by atoms with Crippen LogP contribution < -0.4 is 16.0 Å². The number of fused-ring (bicyclic) bond motifs is 2. The lowest BCUT2D eigenvalue weighted by atomic mass is 10.1. The lowest BCUT2D eigenvalue weighted by Gasteiger charge is -2.27. The number of piperazine rings is 1. The van der Waals surface area contributed by atoms with Gasteiger partial charge >= 0.3 is 0 Å². The Balaban J connectivity index is 1.17. The van der Waals surface area contributed by atoms with Crippen LogP contribution in [0.5, 0.6) is 0 Å². The first-order chi connectivity index (χ1) is 19.4. The Bertz CT molecular complexity index is 1750. The summed E-state index contributed by atoms with van der Waals surface area (Å²) in [6.45, 7) is 5.37. The highest BCUT2D eigenvalue weighted by atomic mass is 16.3. The van der Waals surface area contributed by atoms with E-state index in [2.05, 4.69) is 49.0 Å². The Labute approximate surface area is 229 Å². The number of pyridine rings is 2. The summed E-state index contributed by atoms with van der Waals surface area (Å²) in [5, 5.41) is 2.91. The molecule has 2 aliphatic rings. The first-order valence-corrected chi connectivity index (χ1v) is 13.1. The Morgan fingerprint density at radius 2 is 2.02 bits per heavy atom. The predicted molar refractivity (Wildman–Crippen MR) is 148 cm³/mol. The fraction of sp³-hybridized carbons (Fsp3) is 0.286. The molecule has 4 atom stereocenters. The van der Waals surface area contributed by atoms with Crippen LogP contribution in [0, 0.1) is 6.92 Å². The summed E-state index contributed by atoms with van der Waals surface area (Å²) < 4.78 is 7.45. The Hall–Kier alpha value is -4.84. The average molecular weight is 537 g/mol. The molecule has 7 rings (SSSR count). The maximum atomic E-state index is 13.3. The van der Waals surface area contributed by atoms with Crippen molar-refractivity contribution in [3.63, 3.8) is 0 Å². The van der Waals surface area contributed by atoms with E-state index >= 15 is 0 Å². The van der Waals surface area contributed by atoms with E-state index in [0.29, 0.717) is 35.1 Å². The fourth-order valence-electron chi connectivity index (χ4n) is 5.71. The van der Waals surface area contributed by atoms with E-state index in [0.717, 1.165) is 29.4 Å². The SMILES string of the molecule is Cc1cnc2ccc(-c3nc(C(=O)NCc4cccc(N5C[C@H]6C([C@H]5C)N6C)n4)c(N)nc3-c3ncco3)cn12. The van der Waals surface area contributed by atoms with Crippen LogP contribution in [0.4, 0.5) is 11.6 Å². The van der Waals surface area contributed by atoms with Crippen LogP contribution in [0.15, 0.2) is 59.6 Å². The molecule has 2 fully saturated rings. The molecule has 3 N–H and O–H groups in total. The Morgan fingerprint density at radius 1 is 1.15 bits per heavy atom. The number of oxazole rings is 1. The summed E-state index contributed by atoms with van der Waals surface area (Å²) in [7, 11) is 2.16. The minimum Gasteiger partial charge on any atom is -0.443 e. The molecule has 2 aliphatic heterocycles. The molecule has 0 radical (unpaired) electrons. The molecule has 0 saturated carbocycles. The van der Waals surface area contributed by atoms with Crippen LogP contribution in [-0.4, -0.2) is 71.8 Å². The predicted octanol–water partition coefficient (Wildman–Crippen LogP) is 2.55. The van der Waals surface area contributed by atoms with Gasteiger partial charge in [-0.3, -0.25) is 9.69 Å². The number of rotatable bonds is 6. The van der Waals surface area contributed by atoms with Crippen molar-refractivity contribution in [2.45, 2.75) is 38.5 Å². The summed E-state index contributed by atoms with van der Waals surface area (Å²) in [4.78, 5) is 40.7. The number of carbonyl (C=O) groups is 1. The van der Waals surface area contributed by atoms with Gasteiger partial charge in [0.2, 0.25) is 5.89 Å². The summed E-state index contributed by atoms with van der Waals surface area (Å²) in [6.07, 6.45) is 6.65. The number of hydrogen-bond acceptors (Lipinski definition) is 10. The summed E-state index contributed by atoms with van der Waals surface area (Å²) >= 11 is 0. The largest absolute Gasteiger partial charge is 0.443 e. The maximum Gasteiger partial charge on any atom is 0.274 e. The molecule has 5 aromatic rings. The lowest BCUT2D eigenvalue weighted by molar-refractivity contribution is 0.0946. The van der Waals surface area contributed by atoms with Crippen LogP contribution in [0.1, 0.15) is 28.8 Å². The van der Waals surface area contributed by atoms with Crippen molar-refractivity contribution in [3.8, 4) is 22.8 Å². The van der Waals surface area contributed by atoms with Crippen LogP contribution in [0.3, 0.4) is 0 Å². The second-order valence-corrected chi connectivity index (χ2v) is 10.3. The van der Waals surface area contributed by atoms with Crippen LogP contribution in [0.25, 0.3) is 28.5 Å². The van der Waals surface area contributed by atoms with Crippen molar-refractivity contribution in [3.05, 3.63) is 72.3 Å². The number of hydrogen-bond donors (Lipinski definition) is 2. The standard InChI is InChI=1S/C28H28N10O2/c1-15-11-31-20-8-7-17(13-37(15)20)22-23(28-30-9-10-40-28)35-26(29)24(34-22)27(39)32-12-18-5-4-6-21(33-18)38-14-19-25(16(38)2)36(19)3/h4-11,13,16,19,25H,12,14H2,1-3H3,(H2,29,35)(H,32,39)/t16-,19+,25?,36?/m1/s1. The van der Waals surface area contributed by atoms with E-state index in [9.17, 15) is 4.79 Å². The number of nitrogen functional groups attached to an aromatic ring is 1. The molecule has 12 heteroatoms. The molecule has 2 unspecified atom stereocenters. The maximum absolute atomic E-state index is 13.3. The zero-order chi connectivity index (χ0) is 27.5. The van der Waals surface area contributed by atoms with Crippen LogP contribution in [0.2, 0.25) is 0 Å². The number of nitrogens with one attached hydrogen (secondary N) is 1. The first-order valence-electron chi connectivity index (χ1n) is 13.1. The highest BCUT2D eigenvalue weighted by Gasteiger charge is 2.56. The number of aromatic nitrogens is 6. The smallest absolute Gasteiger partial charge is 0.274 e. The van der Waals surface area contributed by atoms with Gasteiger partial charge < -0.3 is 24.8 Å². The van der Waals surface area contributed by atoms with Crippen molar-refractivity contribution in [2.75, 3.05) is 24.2 Å². The number of anilines is 2. The molecule has 2 saturated heterocycles. The molecule has 7 heterocycles. The van der Waals surface area contributed by atoms with Crippen molar-refractivity contribution in [1.29, 1.82) is 0 Å². The van der Waals surface area contributed by atoms with Crippen molar-refractivity contribution in [1.82, 2.24) is 39.5 Å². The summed E-state index contributed by atoms with van der Waals surface area (Å²) in [5.74, 6) is 0.700. The van der Waals surface area contributed by atoms with Gasteiger partial charge in [0.05, 0.1) is 18.4 Å². The number of likely N-dealkylation sites (N-methyl/N-ethyl adjacent to an activating group) is 1. The molecule has 5 aromatic heterocycles. The van der Waals surface area contributed by atoms with Gasteiger partial charge in [0.1, 0.15) is 23.4 Å². The van der Waals surface area contributed by atoms with Gasteiger partial charge in [-0.2, -0.15) is 0 Å². The minimum atomic E-state index is -0.449. The number of aryl methyl sites for hydroxylation is 1. The minimum absolute atomic E-state index is 0.0141. The highest BCUT2D eigenvalue weighted by molar-refractivity contribution is 5.97. The van der Waals surface area contributed by atoms with Gasteiger partial charge in [-0.1, -0.05) is 6.07 Å². The van der Waals surface area contributed by atoms with Crippen molar-refractivity contribution < 1.29 is 9.21 Å². The van der Waals surface area contributed by atoms with E-state index in [1.54, 1.807) is 6.20 Å². The first kappa shape index (κ1) is 24.2. The van der Waals surface area contributed by atoms with Gasteiger partial charge in [-0.05, 0) is 45.2 Å². The summed E-state index contributed by atoms with van der Waals surface area (Å²) in [6, 6.07) is 11.2. The third-order valence-electron chi connectivity index (χ3n) is 7.92. The molecule has 0 aliphatic carbocycles. The molecule has 12 nitrogen and oxygen atoms in total. The zero-order valence-corrected chi connectivity index (χ0v) is 22.3. The van der Waals surface area contributed by atoms with Gasteiger partial charge in [-0.15, -0.1) is 0 Å². The molecule has 40 heavy (non-hydrogen) atoms. The fourth-order valence-corrected chi connectivity index (χ4v) is 5.71. The molecule has 202 valence electrons. The Morgan fingerprint density at radius 3 is 2.80 bits per heavy atom. The van der Waals surface area contributed by atoms with E-state index in [1.807, 2.05) is 47.9 Å². The molecular weight excluding hydrogens is 508 g/mol. The number of nitrogens with zero attached hydrogens (tertiary/aromatic N) is 8. The monoisotopic (exact) mass is 536 g/mol. The van der Waals surface area contributed by atoms with Gasteiger partial charge in [0.25, 0.3) is 5.91 Å². The second kappa shape index (κ2) is 9.12. The van der Waals surface area contributed by atoms with Gasteiger partial charge in [-0.25, -0.2) is 24.9 Å². The van der Waals surface area contributed by atoms with E-state index in [4.69, 9.17) is 15.1 Å². The molecule has 0 bridgehead atoms. The number of nitrogens with two attached hydrogens (primary N) is 1. The molecule has 0 spiro atoms. The molecular formula is C28H28N10O2. The van der Waals surface area contributed by atoms with Crippen molar-refractivity contribution in [2.24, 2.45) is 0 Å². The number of imidazole rings is 1. The zero-order valence-electron chi connectivity index (χ0n) is 22.3. The molecule has 1 amide bonds. The molecule has 0 aromatic carbocycles. The Kier molecular flexibility index (Phi) is 5.52. The van der Waals surface area contributed by atoms with E-state index in [1.165, 1.54) is 12.5 Å². The second-order valence-electron chi connectivity index (χ2n) is 10.3. The van der Waals surface area contributed by atoms with Crippen LogP contribution >= 0.6 is 0 Å². The highest BCUT2D eigenvalue weighted by Crippen LogP contribution is 2.40. The topological polar surface area (TPSA) is 143 Å². The lowest BCUT2D eigenvalue weighted by Crippen LogP contribution is -2.36. The normalized spacial score (nSPS) is 21.5. The van der Waals surface area contributed by atoms with Gasteiger partial charge in [0, 0.05) is 48.3 Å². The third-order valence-corrected chi connectivity index (χ3v) is 7.92. The average Bonchev–Trinajstić information content (AvgIpc) is 3.40.